The van der Waals surface area contributed by atoms with Crippen LogP contribution in [0.4, 0.5) is 15.8 Å². The average Bonchev–Trinajstić information content (AvgIpc) is 2.74. The largest absolute Gasteiger partial charge is 0.320 e. The maximum atomic E-state index is 12.7. The highest BCUT2D eigenvalue weighted by atomic mass is 19.1. The molecule has 1 aromatic carbocycles. The number of aryl methyl sites for hydroxylation is 1. The van der Waals surface area contributed by atoms with Gasteiger partial charge in [-0.05, 0) is 24.3 Å². The Morgan fingerprint density at radius 1 is 1.42 bits per heavy atom. The van der Waals surface area contributed by atoms with E-state index in [1.807, 2.05) is 0 Å². The van der Waals surface area contributed by atoms with Crippen LogP contribution in [0.15, 0.2) is 30.5 Å². The molecule has 0 spiro atoms. The highest BCUT2D eigenvalue weighted by Crippen LogP contribution is 2.18. The molecule has 19 heavy (non-hydrogen) atoms. The Bertz CT molecular complexity index is 636. The van der Waals surface area contributed by atoms with Gasteiger partial charge in [-0.1, -0.05) is 0 Å². The minimum absolute atomic E-state index is 0.172. The zero-order valence-electron chi connectivity index (χ0n) is 9.83. The first-order chi connectivity index (χ1) is 8.99. The maximum Gasteiger partial charge on any atom is 0.320 e. The monoisotopic (exact) mass is 264 g/mol. The van der Waals surface area contributed by atoms with Crippen LogP contribution >= 0.6 is 0 Å². The number of amides is 1. The van der Waals surface area contributed by atoms with E-state index in [9.17, 15) is 19.3 Å². The fraction of sp³-hybridized carbons (Fsp3) is 0.0909. The summed E-state index contributed by atoms with van der Waals surface area (Å²) in [5.74, 6) is -1.12. The van der Waals surface area contributed by atoms with Gasteiger partial charge in [-0.15, -0.1) is 0 Å². The molecule has 0 atom stereocenters. The van der Waals surface area contributed by atoms with Gasteiger partial charge in [0.05, 0.1) is 4.92 Å². The molecule has 0 unspecified atom stereocenters. The summed E-state index contributed by atoms with van der Waals surface area (Å²) in [6, 6.07) is 5.06. The third-order valence-corrected chi connectivity index (χ3v) is 2.43. The van der Waals surface area contributed by atoms with Crippen molar-refractivity contribution < 1.29 is 14.1 Å². The molecule has 1 amide bonds. The summed E-state index contributed by atoms with van der Waals surface area (Å²) in [5.41, 5.74) is -0.224. The quantitative estimate of drug-likeness (QED) is 0.675. The Morgan fingerprint density at radius 2 is 2.05 bits per heavy atom. The van der Waals surface area contributed by atoms with Crippen molar-refractivity contribution >= 4 is 17.3 Å². The van der Waals surface area contributed by atoms with E-state index in [0.29, 0.717) is 5.69 Å². The van der Waals surface area contributed by atoms with Gasteiger partial charge in [-0.3, -0.25) is 19.6 Å². The number of benzene rings is 1. The van der Waals surface area contributed by atoms with Crippen molar-refractivity contribution in [2.75, 3.05) is 5.32 Å². The molecule has 2 aromatic rings. The summed E-state index contributed by atoms with van der Waals surface area (Å²) >= 11 is 0. The van der Waals surface area contributed by atoms with Crippen LogP contribution in [0.5, 0.6) is 0 Å². The Balaban J connectivity index is 2.27. The number of nitro groups is 1. The van der Waals surface area contributed by atoms with Crippen molar-refractivity contribution in [1.29, 1.82) is 0 Å². The van der Waals surface area contributed by atoms with E-state index in [1.54, 1.807) is 0 Å². The lowest BCUT2D eigenvalue weighted by molar-refractivity contribution is -0.385. The van der Waals surface area contributed by atoms with Crippen LogP contribution in [-0.2, 0) is 7.05 Å². The van der Waals surface area contributed by atoms with Gasteiger partial charge in [0.1, 0.15) is 12.0 Å². The van der Waals surface area contributed by atoms with Gasteiger partial charge in [0.2, 0.25) is 5.69 Å². The van der Waals surface area contributed by atoms with Gasteiger partial charge >= 0.3 is 5.69 Å². The molecule has 0 saturated carbocycles. The van der Waals surface area contributed by atoms with E-state index < -0.39 is 16.6 Å². The first-order valence-corrected chi connectivity index (χ1v) is 5.22. The molecule has 0 bridgehead atoms. The van der Waals surface area contributed by atoms with Gasteiger partial charge in [-0.25, -0.2) is 4.39 Å². The average molecular weight is 264 g/mol. The number of anilines is 1. The zero-order valence-corrected chi connectivity index (χ0v) is 9.83. The number of rotatable bonds is 3. The van der Waals surface area contributed by atoms with E-state index in [1.165, 1.54) is 31.3 Å². The third kappa shape index (κ3) is 2.57. The number of nitrogens with one attached hydrogen (secondary N) is 1. The number of carbonyl (C=O) groups excluding carboxylic acids is 1. The Morgan fingerprint density at radius 3 is 2.63 bits per heavy atom. The predicted molar refractivity (Wildman–Crippen MR) is 64.2 cm³/mol. The smallest absolute Gasteiger partial charge is 0.320 e. The van der Waals surface area contributed by atoms with Gasteiger partial charge < -0.3 is 5.32 Å². The molecule has 98 valence electrons. The Labute approximate surface area is 106 Å². The van der Waals surface area contributed by atoms with E-state index >= 15 is 0 Å². The van der Waals surface area contributed by atoms with Crippen LogP contribution < -0.4 is 5.32 Å². The van der Waals surface area contributed by atoms with Gasteiger partial charge in [0.25, 0.3) is 5.91 Å². The summed E-state index contributed by atoms with van der Waals surface area (Å²) < 4.78 is 13.8. The second kappa shape index (κ2) is 4.84. The summed E-state index contributed by atoms with van der Waals surface area (Å²) in [6.07, 6.45) is 1.000. The van der Waals surface area contributed by atoms with Crippen molar-refractivity contribution in [3.05, 3.63) is 52.1 Å². The van der Waals surface area contributed by atoms with E-state index in [0.717, 1.165) is 10.9 Å². The molecule has 0 radical (unpaired) electrons. The van der Waals surface area contributed by atoms with E-state index in [4.69, 9.17) is 0 Å². The van der Waals surface area contributed by atoms with Crippen LogP contribution in [0.25, 0.3) is 0 Å². The molecule has 0 aliphatic rings. The van der Waals surface area contributed by atoms with Crippen molar-refractivity contribution in [3.8, 4) is 0 Å². The first kappa shape index (κ1) is 12.7. The number of halogens is 1. The molecule has 1 heterocycles. The summed E-state index contributed by atoms with van der Waals surface area (Å²) in [4.78, 5) is 22.0. The maximum absolute atomic E-state index is 12.7. The molecular weight excluding hydrogens is 255 g/mol. The standard InChI is InChI=1S/C11H9FN4O3/c1-15-10(9(6-13-15)16(18)19)11(17)14-8-4-2-7(12)3-5-8/h2-6H,1H3,(H,14,17). The topological polar surface area (TPSA) is 90.1 Å². The normalized spacial score (nSPS) is 10.2. The molecule has 0 aliphatic heterocycles. The second-order valence-electron chi connectivity index (χ2n) is 3.72. The fourth-order valence-corrected chi connectivity index (χ4v) is 1.55. The lowest BCUT2D eigenvalue weighted by Crippen LogP contribution is -2.17. The SMILES string of the molecule is Cn1ncc([N+](=O)[O-])c1C(=O)Nc1ccc(F)cc1. The van der Waals surface area contributed by atoms with E-state index in [2.05, 4.69) is 10.4 Å². The zero-order chi connectivity index (χ0) is 14.0. The van der Waals surface area contributed by atoms with Crippen molar-refractivity contribution in [2.45, 2.75) is 0 Å². The van der Waals surface area contributed by atoms with Gasteiger partial charge in [0, 0.05) is 12.7 Å². The molecule has 0 aliphatic carbocycles. The van der Waals surface area contributed by atoms with Crippen molar-refractivity contribution in [2.24, 2.45) is 7.05 Å². The number of aromatic nitrogens is 2. The molecule has 1 N–H and O–H groups in total. The van der Waals surface area contributed by atoms with Gasteiger partial charge in [0.15, 0.2) is 0 Å². The van der Waals surface area contributed by atoms with Crippen molar-refractivity contribution in [1.82, 2.24) is 9.78 Å². The molecule has 0 fully saturated rings. The van der Waals surface area contributed by atoms with Crippen molar-refractivity contribution in [3.63, 3.8) is 0 Å². The second-order valence-corrected chi connectivity index (χ2v) is 3.72. The van der Waals surface area contributed by atoms with Gasteiger partial charge in [-0.2, -0.15) is 5.10 Å². The molecule has 2 rings (SSSR count). The van der Waals surface area contributed by atoms with Crippen LogP contribution in [0, 0.1) is 15.9 Å². The Kier molecular flexibility index (Phi) is 3.23. The fourth-order valence-electron chi connectivity index (χ4n) is 1.55. The molecule has 7 nitrogen and oxygen atoms in total. The summed E-state index contributed by atoms with van der Waals surface area (Å²) in [6.45, 7) is 0. The number of nitrogens with zero attached hydrogens (tertiary/aromatic N) is 3. The lowest BCUT2D eigenvalue weighted by atomic mass is 10.3. The minimum Gasteiger partial charge on any atom is -0.320 e. The van der Waals surface area contributed by atoms with Crippen LogP contribution in [0.2, 0.25) is 0 Å². The molecule has 1 aromatic heterocycles. The molecule has 8 heteroatoms. The number of carbonyl (C=O) groups is 1. The van der Waals surface area contributed by atoms with E-state index in [-0.39, 0.29) is 11.4 Å². The predicted octanol–water partition coefficient (Wildman–Crippen LogP) is 1.72. The van der Waals surface area contributed by atoms with Crippen LogP contribution in [0.3, 0.4) is 0 Å². The molecule has 0 saturated heterocycles. The summed E-state index contributed by atoms with van der Waals surface area (Å²) in [7, 11) is 1.42. The third-order valence-electron chi connectivity index (χ3n) is 2.43. The number of hydrogen-bond donors (Lipinski definition) is 1. The minimum atomic E-state index is -0.688. The first-order valence-electron chi connectivity index (χ1n) is 5.22. The highest BCUT2D eigenvalue weighted by Gasteiger charge is 2.25. The molecular formula is C11H9FN4O3. The highest BCUT2D eigenvalue weighted by molar-refractivity contribution is 6.05. The van der Waals surface area contributed by atoms with Crippen LogP contribution in [0.1, 0.15) is 10.5 Å². The summed E-state index contributed by atoms with van der Waals surface area (Å²) in [5, 5.41) is 16.9. The van der Waals surface area contributed by atoms with Crippen LogP contribution in [-0.4, -0.2) is 20.6 Å². The Hall–Kier alpha value is -2.77. The number of hydrogen-bond acceptors (Lipinski definition) is 4. The lowest BCUT2D eigenvalue weighted by Gasteiger charge is -2.04.